The average molecular weight is 200 g/mol. The first kappa shape index (κ1) is 9.80. The van der Waals surface area contributed by atoms with Crippen LogP contribution in [0.25, 0.3) is 0 Å². The minimum atomic E-state index is -1.04. The van der Waals surface area contributed by atoms with Crippen molar-refractivity contribution in [1.82, 2.24) is 9.97 Å². The monoisotopic (exact) mass is 200 g/mol. The van der Waals surface area contributed by atoms with E-state index in [1.54, 1.807) is 19.3 Å². The molecule has 0 aliphatic heterocycles. The highest BCUT2D eigenvalue weighted by Gasteiger charge is 2.25. The molecule has 0 spiro atoms. The number of rotatable bonds is 2. The molecule has 2 rings (SSSR count). The Hall–Kier alpha value is -1.74. The Bertz CT molecular complexity index is 384. The Morgan fingerprint density at radius 1 is 1.00 bits per heavy atom. The summed E-state index contributed by atoms with van der Waals surface area (Å²) >= 11 is 0. The molecule has 0 fully saturated rings. The van der Waals surface area contributed by atoms with Crippen molar-refractivity contribution in [2.75, 3.05) is 0 Å². The van der Waals surface area contributed by atoms with Crippen LogP contribution in [0.2, 0.25) is 0 Å². The van der Waals surface area contributed by atoms with E-state index in [1.165, 1.54) is 6.33 Å². The van der Waals surface area contributed by atoms with Crippen molar-refractivity contribution in [1.29, 1.82) is 0 Å². The number of hydrogen-bond donors (Lipinski definition) is 1. The van der Waals surface area contributed by atoms with Crippen molar-refractivity contribution in [2.45, 2.75) is 12.5 Å². The molecule has 0 aliphatic rings. The van der Waals surface area contributed by atoms with Gasteiger partial charge in [-0.05, 0) is 12.5 Å². The molecule has 3 nitrogen and oxygen atoms in total. The fourth-order valence-electron chi connectivity index (χ4n) is 1.48. The average Bonchev–Trinajstić information content (AvgIpc) is 2.31. The topological polar surface area (TPSA) is 46.0 Å². The highest BCUT2D eigenvalue weighted by molar-refractivity contribution is 5.31. The fraction of sp³-hybridized carbons (Fsp3) is 0.167. The summed E-state index contributed by atoms with van der Waals surface area (Å²) in [4.78, 5) is 7.81. The van der Waals surface area contributed by atoms with Gasteiger partial charge in [-0.15, -0.1) is 0 Å². The van der Waals surface area contributed by atoms with Gasteiger partial charge in [-0.2, -0.15) is 0 Å². The summed E-state index contributed by atoms with van der Waals surface area (Å²) in [6.07, 6.45) is 4.70. The number of nitrogens with zero attached hydrogens (tertiary/aromatic N) is 2. The van der Waals surface area contributed by atoms with Crippen LogP contribution in [0.15, 0.2) is 49.1 Å². The van der Waals surface area contributed by atoms with Gasteiger partial charge in [0.15, 0.2) is 0 Å². The summed E-state index contributed by atoms with van der Waals surface area (Å²) in [6.45, 7) is 1.74. The summed E-state index contributed by atoms with van der Waals surface area (Å²) < 4.78 is 0. The predicted octanol–water partition coefficient (Wildman–Crippen LogP) is 1.73. The summed E-state index contributed by atoms with van der Waals surface area (Å²) in [5.41, 5.74) is 0.485. The molecule has 1 aromatic carbocycles. The van der Waals surface area contributed by atoms with Crippen LogP contribution in [0, 0.1) is 0 Å². The molecule has 2 aromatic rings. The van der Waals surface area contributed by atoms with E-state index in [4.69, 9.17) is 0 Å². The van der Waals surface area contributed by atoms with Crippen molar-refractivity contribution < 1.29 is 5.11 Å². The maximum absolute atomic E-state index is 10.4. The number of aliphatic hydroxyl groups is 1. The zero-order valence-corrected chi connectivity index (χ0v) is 8.46. The molecule has 0 saturated heterocycles. The van der Waals surface area contributed by atoms with E-state index in [-0.39, 0.29) is 0 Å². The highest BCUT2D eigenvalue weighted by atomic mass is 16.3. The lowest BCUT2D eigenvalue weighted by Crippen LogP contribution is -2.22. The maximum Gasteiger partial charge on any atom is 0.115 e. The Labute approximate surface area is 88.5 Å². The molecule has 0 bridgehead atoms. The van der Waals surface area contributed by atoms with E-state index in [0.717, 1.165) is 5.56 Å². The molecule has 0 amide bonds. The summed E-state index contributed by atoms with van der Waals surface area (Å²) in [7, 11) is 0. The first-order valence-corrected chi connectivity index (χ1v) is 4.74. The first-order valence-electron chi connectivity index (χ1n) is 4.74. The van der Waals surface area contributed by atoms with Gasteiger partial charge in [0, 0.05) is 18.0 Å². The van der Waals surface area contributed by atoms with Crippen LogP contribution >= 0.6 is 0 Å². The molecular formula is C12H12N2O. The van der Waals surface area contributed by atoms with Gasteiger partial charge in [-0.1, -0.05) is 30.3 Å². The van der Waals surface area contributed by atoms with Crippen molar-refractivity contribution in [3.8, 4) is 0 Å². The predicted molar refractivity (Wildman–Crippen MR) is 57.1 cm³/mol. The third-order valence-corrected chi connectivity index (χ3v) is 2.46. The van der Waals surface area contributed by atoms with E-state index in [9.17, 15) is 5.11 Å². The van der Waals surface area contributed by atoms with E-state index in [1.807, 2.05) is 30.3 Å². The first-order chi connectivity index (χ1) is 7.21. The van der Waals surface area contributed by atoms with Gasteiger partial charge >= 0.3 is 0 Å². The van der Waals surface area contributed by atoms with Crippen molar-refractivity contribution in [2.24, 2.45) is 0 Å². The standard InChI is InChI=1S/C12H12N2O/c1-12(15,10-5-3-2-4-6-10)11-7-13-9-14-8-11/h2-9,15H,1H3. The van der Waals surface area contributed by atoms with Crippen LogP contribution in [0.5, 0.6) is 0 Å². The van der Waals surface area contributed by atoms with Gasteiger partial charge < -0.3 is 5.11 Å². The molecule has 1 unspecified atom stereocenters. The summed E-state index contributed by atoms with van der Waals surface area (Å²) in [6, 6.07) is 9.47. The van der Waals surface area contributed by atoms with Gasteiger partial charge in [0.25, 0.3) is 0 Å². The lowest BCUT2D eigenvalue weighted by atomic mass is 9.90. The number of hydrogen-bond acceptors (Lipinski definition) is 3. The molecule has 3 heteroatoms. The Kier molecular flexibility index (Phi) is 2.47. The van der Waals surface area contributed by atoms with E-state index >= 15 is 0 Å². The zero-order chi connectivity index (χ0) is 10.7. The minimum absolute atomic E-state index is 0.691. The molecule has 0 radical (unpaired) electrons. The maximum atomic E-state index is 10.4. The van der Waals surface area contributed by atoms with E-state index in [2.05, 4.69) is 9.97 Å². The molecule has 76 valence electrons. The largest absolute Gasteiger partial charge is 0.381 e. The van der Waals surface area contributed by atoms with Crippen molar-refractivity contribution in [3.05, 3.63) is 60.2 Å². The Morgan fingerprint density at radius 3 is 2.20 bits per heavy atom. The molecule has 1 heterocycles. The van der Waals surface area contributed by atoms with E-state index < -0.39 is 5.60 Å². The molecule has 0 aliphatic carbocycles. The van der Waals surface area contributed by atoms with Gasteiger partial charge in [0.05, 0.1) is 0 Å². The molecule has 1 aromatic heterocycles. The van der Waals surface area contributed by atoms with Gasteiger partial charge in [0.1, 0.15) is 11.9 Å². The fourth-order valence-corrected chi connectivity index (χ4v) is 1.48. The van der Waals surface area contributed by atoms with Gasteiger partial charge in [-0.25, -0.2) is 9.97 Å². The Balaban J connectivity index is 2.44. The zero-order valence-electron chi connectivity index (χ0n) is 8.46. The van der Waals surface area contributed by atoms with Crippen molar-refractivity contribution in [3.63, 3.8) is 0 Å². The third kappa shape index (κ3) is 1.87. The Morgan fingerprint density at radius 2 is 1.60 bits per heavy atom. The van der Waals surface area contributed by atoms with E-state index in [0.29, 0.717) is 5.56 Å². The molecular weight excluding hydrogens is 188 g/mol. The van der Waals surface area contributed by atoms with Crippen LogP contribution < -0.4 is 0 Å². The van der Waals surface area contributed by atoms with Crippen LogP contribution in [-0.2, 0) is 5.60 Å². The number of benzene rings is 1. The van der Waals surface area contributed by atoms with Crippen LogP contribution in [0.3, 0.4) is 0 Å². The molecule has 1 N–H and O–H groups in total. The normalized spacial score (nSPS) is 14.5. The van der Waals surface area contributed by atoms with Crippen molar-refractivity contribution >= 4 is 0 Å². The second-order valence-corrected chi connectivity index (χ2v) is 3.57. The second-order valence-electron chi connectivity index (χ2n) is 3.57. The highest BCUT2D eigenvalue weighted by Crippen LogP contribution is 2.27. The SMILES string of the molecule is CC(O)(c1ccccc1)c1cncnc1. The van der Waals surface area contributed by atoms with Crippen LogP contribution in [0.1, 0.15) is 18.1 Å². The van der Waals surface area contributed by atoms with Crippen LogP contribution in [0.4, 0.5) is 0 Å². The summed E-state index contributed by atoms with van der Waals surface area (Å²) in [5.74, 6) is 0. The quantitative estimate of drug-likeness (QED) is 0.803. The minimum Gasteiger partial charge on any atom is -0.381 e. The summed E-state index contributed by atoms with van der Waals surface area (Å²) in [5, 5.41) is 10.4. The lowest BCUT2D eigenvalue weighted by molar-refractivity contribution is 0.101. The molecule has 1 atom stereocenters. The molecule has 15 heavy (non-hydrogen) atoms. The molecule has 0 saturated carbocycles. The second kappa shape index (κ2) is 3.79. The smallest absolute Gasteiger partial charge is 0.115 e. The van der Waals surface area contributed by atoms with Gasteiger partial charge in [0.2, 0.25) is 0 Å². The van der Waals surface area contributed by atoms with Gasteiger partial charge in [-0.3, -0.25) is 0 Å². The number of aromatic nitrogens is 2. The third-order valence-electron chi connectivity index (χ3n) is 2.46. The lowest BCUT2D eigenvalue weighted by Gasteiger charge is -2.23. The van der Waals surface area contributed by atoms with Crippen LogP contribution in [-0.4, -0.2) is 15.1 Å².